The van der Waals surface area contributed by atoms with Crippen LogP contribution in [0.1, 0.15) is 38.9 Å². The van der Waals surface area contributed by atoms with Gasteiger partial charge in [0.25, 0.3) is 0 Å². The first-order chi connectivity index (χ1) is 14.9. The first-order valence-electron chi connectivity index (χ1n) is 10.4. The summed E-state index contributed by atoms with van der Waals surface area (Å²) in [5.74, 6) is 2.59. The van der Waals surface area contributed by atoms with Gasteiger partial charge in [-0.3, -0.25) is 0 Å². The Labute approximate surface area is 183 Å². The fourth-order valence-electron chi connectivity index (χ4n) is 4.22. The molecule has 2 aliphatic heterocycles. The van der Waals surface area contributed by atoms with Crippen LogP contribution in [0.25, 0.3) is 11.1 Å². The number of ether oxygens (including phenoxy) is 7. The normalized spacial score (nSPS) is 22.0. The Hall–Kier alpha value is -2.64. The zero-order valence-electron chi connectivity index (χ0n) is 18.9. The highest BCUT2D eigenvalue weighted by Crippen LogP contribution is 2.52. The lowest BCUT2D eigenvalue weighted by molar-refractivity contribution is -0.228. The summed E-state index contributed by atoms with van der Waals surface area (Å²) in [7, 11) is 4.85. The highest BCUT2D eigenvalue weighted by molar-refractivity contribution is 5.81. The monoisotopic (exact) mass is 430 g/mol. The lowest BCUT2D eigenvalue weighted by Gasteiger charge is -2.32. The predicted octanol–water partition coefficient (Wildman–Crippen LogP) is 4.96. The van der Waals surface area contributed by atoms with Gasteiger partial charge < -0.3 is 33.2 Å². The molecule has 2 aromatic carbocycles. The third-order valence-corrected chi connectivity index (χ3v) is 5.78. The molecule has 2 aliphatic rings. The summed E-state index contributed by atoms with van der Waals surface area (Å²) in [6.07, 6.45) is 0.623. The zero-order valence-corrected chi connectivity index (χ0v) is 18.9. The molecule has 0 N–H and O–H groups in total. The maximum Gasteiger partial charge on any atom is 0.231 e. The minimum absolute atomic E-state index is 0.206. The van der Waals surface area contributed by atoms with E-state index in [0.717, 1.165) is 28.9 Å². The van der Waals surface area contributed by atoms with Gasteiger partial charge in [-0.15, -0.1) is 0 Å². The van der Waals surface area contributed by atoms with E-state index in [1.807, 2.05) is 38.1 Å². The summed E-state index contributed by atoms with van der Waals surface area (Å²) in [6.45, 7) is 6.89. The maximum absolute atomic E-state index is 6.49. The van der Waals surface area contributed by atoms with Crippen LogP contribution in [0.3, 0.4) is 0 Å². The number of hydrogen-bond acceptors (Lipinski definition) is 7. The van der Waals surface area contributed by atoms with Crippen LogP contribution >= 0.6 is 0 Å². The number of rotatable bonds is 5. The van der Waals surface area contributed by atoms with E-state index >= 15 is 0 Å². The van der Waals surface area contributed by atoms with Crippen molar-refractivity contribution in [3.05, 3.63) is 29.8 Å². The van der Waals surface area contributed by atoms with Crippen molar-refractivity contribution >= 4 is 0 Å². The van der Waals surface area contributed by atoms with Gasteiger partial charge in [-0.1, -0.05) is 13.0 Å². The Bertz CT molecular complexity index is 953. The van der Waals surface area contributed by atoms with E-state index in [2.05, 4.69) is 6.92 Å². The van der Waals surface area contributed by atoms with Crippen molar-refractivity contribution in [2.45, 2.75) is 39.1 Å². The highest BCUT2D eigenvalue weighted by Gasteiger charge is 2.36. The van der Waals surface area contributed by atoms with Crippen molar-refractivity contribution in [3.8, 4) is 39.9 Å². The van der Waals surface area contributed by atoms with Crippen LogP contribution in [-0.4, -0.2) is 40.5 Å². The summed E-state index contributed by atoms with van der Waals surface area (Å²) in [5.41, 5.74) is 2.73. The second kappa shape index (κ2) is 8.48. The summed E-state index contributed by atoms with van der Waals surface area (Å²) in [5, 5.41) is 0. The Morgan fingerprint density at radius 2 is 1.68 bits per heavy atom. The van der Waals surface area contributed by atoms with Crippen molar-refractivity contribution in [2.75, 3.05) is 34.7 Å². The van der Waals surface area contributed by atoms with Crippen molar-refractivity contribution in [3.63, 3.8) is 0 Å². The van der Waals surface area contributed by atoms with Crippen LogP contribution in [0.2, 0.25) is 0 Å². The Kier molecular flexibility index (Phi) is 5.90. The molecule has 7 nitrogen and oxygen atoms in total. The largest absolute Gasteiger partial charge is 0.493 e. The fourth-order valence-corrected chi connectivity index (χ4v) is 4.22. The molecule has 0 saturated carbocycles. The van der Waals surface area contributed by atoms with Crippen molar-refractivity contribution < 1.29 is 33.2 Å². The van der Waals surface area contributed by atoms with Gasteiger partial charge in [0, 0.05) is 5.56 Å². The molecule has 1 saturated heterocycles. The Morgan fingerprint density at radius 1 is 0.935 bits per heavy atom. The number of methoxy groups -OCH3 is 3. The van der Waals surface area contributed by atoms with E-state index in [-0.39, 0.29) is 18.8 Å². The molecule has 0 spiro atoms. The van der Waals surface area contributed by atoms with Crippen LogP contribution in [0.15, 0.2) is 24.3 Å². The topological polar surface area (TPSA) is 64.6 Å². The van der Waals surface area contributed by atoms with E-state index in [0.29, 0.717) is 29.6 Å². The predicted molar refractivity (Wildman–Crippen MR) is 115 cm³/mol. The average molecular weight is 430 g/mol. The number of benzene rings is 2. The lowest BCUT2D eigenvalue weighted by atomic mass is 9.87. The standard InChI is InChI=1S/C24H30O7/c1-14-9-10-30-24(2,3)31-21(14)16-12-19(25-4)22(26-5)23(27-6)20(16)15-7-8-17-18(11-15)29-13-28-17/h7-8,11-12,14,21H,9-10,13H2,1-6H3/t14-,21+/m1/s1. The molecule has 2 aromatic rings. The number of hydrogen-bond donors (Lipinski definition) is 0. The summed E-state index contributed by atoms with van der Waals surface area (Å²) in [6, 6.07) is 7.83. The quantitative estimate of drug-likeness (QED) is 0.664. The average Bonchev–Trinajstić information content (AvgIpc) is 3.18. The molecule has 2 heterocycles. The summed E-state index contributed by atoms with van der Waals surface area (Å²) >= 11 is 0. The van der Waals surface area contributed by atoms with E-state index in [1.165, 1.54) is 0 Å². The van der Waals surface area contributed by atoms with Crippen molar-refractivity contribution in [1.29, 1.82) is 0 Å². The van der Waals surface area contributed by atoms with Crippen molar-refractivity contribution in [2.24, 2.45) is 5.92 Å². The highest BCUT2D eigenvalue weighted by atomic mass is 16.7. The first-order valence-corrected chi connectivity index (χ1v) is 10.4. The molecular formula is C24H30O7. The molecular weight excluding hydrogens is 400 g/mol. The molecule has 0 aliphatic carbocycles. The van der Waals surface area contributed by atoms with Gasteiger partial charge in [0.2, 0.25) is 12.5 Å². The van der Waals surface area contributed by atoms with Crippen LogP contribution in [-0.2, 0) is 9.47 Å². The fraction of sp³-hybridized carbons (Fsp3) is 0.500. The van der Waals surface area contributed by atoms with Gasteiger partial charge in [-0.2, -0.15) is 0 Å². The second-order valence-corrected chi connectivity index (χ2v) is 8.23. The molecule has 0 unspecified atom stereocenters. The molecule has 0 aromatic heterocycles. The van der Waals surface area contributed by atoms with Gasteiger partial charge in [-0.25, -0.2) is 0 Å². The third kappa shape index (κ3) is 4.00. The summed E-state index contributed by atoms with van der Waals surface area (Å²) < 4.78 is 40.7. The first kappa shape index (κ1) is 21.6. The van der Waals surface area contributed by atoms with E-state index in [9.17, 15) is 0 Å². The molecule has 7 heteroatoms. The Morgan fingerprint density at radius 3 is 2.39 bits per heavy atom. The van der Waals surface area contributed by atoms with Crippen LogP contribution < -0.4 is 23.7 Å². The SMILES string of the molecule is COc1cc([C@H]2OC(C)(C)OCC[C@H]2C)c(-c2ccc3c(c2)OCO3)c(OC)c1OC. The molecule has 0 amide bonds. The molecule has 168 valence electrons. The van der Waals surface area contributed by atoms with Gasteiger partial charge in [0.15, 0.2) is 28.8 Å². The van der Waals surface area contributed by atoms with Gasteiger partial charge in [0.05, 0.1) is 34.0 Å². The van der Waals surface area contributed by atoms with Gasteiger partial charge in [-0.05, 0) is 55.5 Å². The van der Waals surface area contributed by atoms with Gasteiger partial charge in [0.1, 0.15) is 0 Å². The lowest BCUT2D eigenvalue weighted by Crippen LogP contribution is -2.29. The Balaban J connectivity index is 1.97. The molecule has 2 atom stereocenters. The summed E-state index contributed by atoms with van der Waals surface area (Å²) in [4.78, 5) is 0. The maximum atomic E-state index is 6.49. The van der Waals surface area contributed by atoms with E-state index in [4.69, 9.17) is 33.2 Å². The molecule has 0 bridgehead atoms. The van der Waals surface area contributed by atoms with Crippen LogP contribution in [0.5, 0.6) is 28.7 Å². The van der Waals surface area contributed by atoms with Crippen LogP contribution in [0.4, 0.5) is 0 Å². The van der Waals surface area contributed by atoms with Crippen LogP contribution in [0, 0.1) is 5.92 Å². The van der Waals surface area contributed by atoms with E-state index in [1.54, 1.807) is 21.3 Å². The molecule has 0 radical (unpaired) electrons. The van der Waals surface area contributed by atoms with E-state index < -0.39 is 5.79 Å². The smallest absolute Gasteiger partial charge is 0.231 e. The third-order valence-electron chi connectivity index (χ3n) is 5.78. The number of fused-ring (bicyclic) bond motifs is 1. The molecule has 31 heavy (non-hydrogen) atoms. The minimum Gasteiger partial charge on any atom is -0.493 e. The molecule has 4 rings (SSSR count). The molecule has 1 fully saturated rings. The van der Waals surface area contributed by atoms with Crippen molar-refractivity contribution in [1.82, 2.24) is 0 Å². The van der Waals surface area contributed by atoms with Gasteiger partial charge >= 0.3 is 0 Å². The minimum atomic E-state index is -0.720. The second-order valence-electron chi connectivity index (χ2n) is 8.23. The zero-order chi connectivity index (χ0) is 22.2.